The maximum atomic E-state index is 13.3. The monoisotopic (exact) mass is 405 g/mol. The fourth-order valence-electron chi connectivity index (χ4n) is 3.95. The molecule has 1 unspecified atom stereocenters. The van der Waals surface area contributed by atoms with Crippen molar-refractivity contribution < 1.29 is 4.79 Å². The molecule has 1 atom stereocenters. The average Bonchev–Trinajstić information content (AvgIpc) is 2.79. The molecule has 3 aromatic rings. The van der Waals surface area contributed by atoms with Gasteiger partial charge in [-0.1, -0.05) is 18.2 Å². The van der Waals surface area contributed by atoms with Crippen LogP contribution in [-0.4, -0.2) is 33.5 Å². The lowest BCUT2D eigenvalue weighted by Gasteiger charge is -2.28. The van der Waals surface area contributed by atoms with E-state index in [2.05, 4.69) is 20.2 Å². The summed E-state index contributed by atoms with van der Waals surface area (Å²) in [5.41, 5.74) is 2.22. The number of carbonyl (C=O) groups is 1. The minimum atomic E-state index is -0.187. The Morgan fingerprint density at radius 2 is 1.87 bits per heavy atom. The number of para-hydroxylation sites is 2. The molecule has 1 saturated heterocycles. The van der Waals surface area contributed by atoms with Crippen LogP contribution >= 0.6 is 0 Å². The number of nitrogens with one attached hydrogen (secondary N) is 1. The Bertz CT molecular complexity index is 1070. The Morgan fingerprint density at radius 1 is 1.10 bits per heavy atom. The van der Waals surface area contributed by atoms with Gasteiger partial charge in [0.2, 0.25) is 5.91 Å². The van der Waals surface area contributed by atoms with Crippen molar-refractivity contribution in [2.24, 2.45) is 0 Å². The van der Waals surface area contributed by atoms with Crippen LogP contribution in [0, 0.1) is 0 Å². The van der Waals surface area contributed by atoms with Crippen molar-refractivity contribution >= 4 is 22.8 Å². The summed E-state index contributed by atoms with van der Waals surface area (Å²) in [7, 11) is 0. The van der Waals surface area contributed by atoms with Crippen molar-refractivity contribution in [3.63, 3.8) is 0 Å². The van der Waals surface area contributed by atoms with Crippen LogP contribution in [0.5, 0.6) is 0 Å². The number of rotatable bonds is 6. The van der Waals surface area contributed by atoms with Crippen molar-refractivity contribution in [3.05, 3.63) is 64.7 Å². The first-order valence-corrected chi connectivity index (χ1v) is 10.6. The Morgan fingerprint density at radius 3 is 2.63 bits per heavy atom. The molecule has 1 aliphatic rings. The standard InChI is InChI=1S/C23H27N5O2/c1-17(18-9-5-6-13-24-18)25-21(29)12-16-28-20-11-4-3-10-19(20)26-22(23(28)30)27-14-7-2-8-15-27/h3-6,9-11,13,17H,2,7-8,12,14-16H2,1H3,(H,25,29). The molecule has 7 heteroatoms. The van der Waals surface area contributed by atoms with Gasteiger partial charge in [-0.05, 0) is 50.5 Å². The zero-order valence-corrected chi connectivity index (χ0v) is 17.3. The number of hydrogen-bond donors (Lipinski definition) is 1. The van der Waals surface area contributed by atoms with Crippen molar-refractivity contribution in [1.29, 1.82) is 0 Å². The van der Waals surface area contributed by atoms with Gasteiger partial charge in [0.25, 0.3) is 5.56 Å². The van der Waals surface area contributed by atoms with E-state index >= 15 is 0 Å². The van der Waals surface area contributed by atoms with Gasteiger partial charge in [0, 0.05) is 32.3 Å². The van der Waals surface area contributed by atoms with Crippen LogP contribution in [0.1, 0.15) is 44.3 Å². The third-order valence-corrected chi connectivity index (χ3v) is 5.56. The van der Waals surface area contributed by atoms with E-state index in [4.69, 9.17) is 0 Å². The van der Waals surface area contributed by atoms with Gasteiger partial charge in [0.1, 0.15) is 0 Å². The number of benzene rings is 1. The molecule has 0 aliphatic carbocycles. The fourth-order valence-corrected chi connectivity index (χ4v) is 3.95. The molecule has 0 spiro atoms. The number of carbonyl (C=O) groups excluding carboxylic acids is 1. The lowest BCUT2D eigenvalue weighted by molar-refractivity contribution is -0.122. The quantitative estimate of drug-likeness (QED) is 0.682. The molecular weight excluding hydrogens is 378 g/mol. The summed E-state index contributed by atoms with van der Waals surface area (Å²) in [6.07, 6.45) is 5.25. The van der Waals surface area contributed by atoms with Crippen LogP contribution in [0.15, 0.2) is 53.5 Å². The smallest absolute Gasteiger partial charge is 0.294 e. The minimum absolute atomic E-state index is 0.111. The molecule has 7 nitrogen and oxygen atoms in total. The highest BCUT2D eigenvalue weighted by Crippen LogP contribution is 2.18. The molecule has 4 rings (SSSR count). The van der Waals surface area contributed by atoms with Gasteiger partial charge in [-0.3, -0.25) is 14.6 Å². The van der Waals surface area contributed by atoms with Crippen LogP contribution in [0.25, 0.3) is 11.0 Å². The molecule has 1 aromatic carbocycles. The van der Waals surface area contributed by atoms with Gasteiger partial charge in [-0.2, -0.15) is 0 Å². The number of nitrogens with zero attached hydrogens (tertiary/aromatic N) is 4. The molecule has 0 saturated carbocycles. The molecule has 2 aromatic heterocycles. The summed E-state index contributed by atoms with van der Waals surface area (Å²) in [6.45, 7) is 3.91. The Kier molecular flexibility index (Phi) is 6.07. The summed E-state index contributed by atoms with van der Waals surface area (Å²) >= 11 is 0. The van der Waals surface area contributed by atoms with Gasteiger partial charge in [-0.25, -0.2) is 4.98 Å². The van der Waals surface area contributed by atoms with Crippen LogP contribution < -0.4 is 15.8 Å². The van der Waals surface area contributed by atoms with Crippen molar-refractivity contribution in [2.45, 2.75) is 45.2 Å². The maximum absolute atomic E-state index is 13.3. The zero-order chi connectivity index (χ0) is 20.9. The second-order valence-corrected chi connectivity index (χ2v) is 7.72. The first-order chi connectivity index (χ1) is 14.6. The highest BCUT2D eigenvalue weighted by Gasteiger charge is 2.19. The predicted octanol–water partition coefficient (Wildman–Crippen LogP) is 3.05. The van der Waals surface area contributed by atoms with Crippen molar-refractivity contribution in [1.82, 2.24) is 19.9 Å². The highest BCUT2D eigenvalue weighted by atomic mass is 16.2. The minimum Gasteiger partial charge on any atom is -0.352 e. The number of piperidine rings is 1. The van der Waals surface area contributed by atoms with E-state index in [0.29, 0.717) is 12.4 Å². The number of amides is 1. The Labute approximate surface area is 175 Å². The third-order valence-electron chi connectivity index (χ3n) is 5.56. The Balaban J connectivity index is 1.55. The average molecular weight is 406 g/mol. The van der Waals surface area contributed by atoms with Crippen LogP contribution in [0.2, 0.25) is 0 Å². The van der Waals surface area contributed by atoms with Crippen LogP contribution in [0.4, 0.5) is 5.82 Å². The molecule has 30 heavy (non-hydrogen) atoms. The van der Waals surface area contributed by atoms with Gasteiger partial charge in [0.05, 0.1) is 22.8 Å². The maximum Gasteiger partial charge on any atom is 0.294 e. The number of pyridine rings is 1. The highest BCUT2D eigenvalue weighted by molar-refractivity contribution is 5.78. The molecule has 0 radical (unpaired) electrons. The normalized spacial score (nSPS) is 15.2. The summed E-state index contributed by atoms with van der Waals surface area (Å²) < 4.78 is 1.69. The third kappa shape index (κ3) is 4.35. The summed E-state index contributed by atoms with van der Waals surface area (Å²) in [5, 5.41) is 2.97. The van der Waals surface area contributed by atoms with E-state index in [0.717, 1.165) is 42.7 Å². The summed E-state index contributed by atoms with van der Waals surface area (Å²) in [4.78, 5) is 36.8. The molecule has 1 fully saturated rings. The molecule has 0 bridgehead atoms. The molecule has 1 N–H and O–H groups in total. The van der Waals surface area contributed by atoms with E-state index in [1.807, 2.05) is 49.4 Å². The summed E-state index contributed by atoms with van der Waals surface area (Å²) in [5.74, 6) is 0.385. The second kappa shape index (κ2) is 9.07. The van der Waals surface area contributed by atoms with Gasteiger partial charge in [0.15, 0.2) is 5.82 Å². The molecular formula is C23H27N5O2. The van der Waals surface area contributed by atoms with Crippen molar-refractivity contribution in [3.8, 4) is 0 Å². The topological polar surface area (TPSA) is 80.1 Å². The number of aryl methyl sites for hydroxylation is 1. The zero-order valence-electron chi connectivity index (χ0n) is 17.3. The van der Waals surface area contributed by atoms with Crippen LogP contribution in [-0.2, 0) is 11.3 Å². The first kappa shape index (κ1) is 20.1. The molecule has 1 amide bonds. The van der Waals surface area contributed by atoms with Gasteiger partial charge >= 0.3 is 0 Å². The van der Waals surface area contributed by atoms with E-state index in [-0.39, 0.29) is 23.9 Å². The summed E-state index contributed by atoms with van der Waals surface area (Å²) in [6, 6.07) is 13.1. The van der Waals surface area contributed by atoms with Crippen LogP contribution in [0.3, 0.4) is 0 Å². The lowest BCUT2D eigenvalue weighted by atomic mass is 10.1. The van der Waals surface area contributed by atoms with Crippen molar-refractivity contribution in [2.75, 3.05) is 18.0 Å². The van der Waals surface area contributed by atoms with Gasteiger partial charge in [-0.15, -0.1) is 0 Å². The molecule has 156 valence electrons. The SMILES string of the molecule is CC(NC(=O)CCn1c(=O)c(N2CCCCC2)nc2ccccc21)c1ccccn1. The first-order valence-electron chi connectivity index (χ1n) is 10.6. The van der Waals surface area contributed by atoms with E-state index in [1.54, 1.807) is 10.8 Å². The number of fused-ring (bicyclic) bond motifs is 1. The fraction of sp³-hybridized carbons (Fsp3) is 0.391. The van der Waals surface area contributed by atoms with E-state index in [9.17, 15) is 9.59 Å². The predicted molar refractivity (Wildman–Crippen MR) is 117 cm³/mol. The second-order valence-electron chi connectivity index (χ2n) is 7.72. The van der Waals surface area contributed by atoms with Gasteiger partial charge < -0.3 is 14.8 Å². The molecule has 1 aliphatic heterocycles. The number of hydrogen-bond acceptors (Lipinski definition) is 5. The largest absolute Gasteiger partial charge is 0.352 e. The number of anilines is 1. The van der Waals surface area contributed by atoms with E-state index < -0.39 is 0 Å². The molecule has 3 heterocycles. The van der Waals surface area contributed by atoms with E-state index in [1.165, 1.54) is 6.42 Å². The number of aromatic nitrogens is 3. The Hall–Kier alpha value is -3.22. The lowest BCUT2D eigenvalue weighted by Crippen LogP contribution is -2.37.